The number of imidazole rings is 1. The Kier molecular flexibility index (Phi) is 11.2. The van der Waals surface area contributed by atoms with Crippen LogP contribution >= 0.6 is 23.4 Å². The second-order valence-corrected chi connectivity index (χ2v) is 12.2. The van der Waals surface area contributed by atoms with Gasteiger partial charge in [0.05, 0.1) is 23.5 Å². The lowest BCUT2D eigenvalue weighted by Gasteiger charge is -2.26. The standard InChI is InChI=1S/C30H26ClF3N6OS.C2HF3O2/c1-41-27-15-18(6-11-23(27)31)21-3-2-4-26-29(21)40(20-9-7-19(32)8-10-20)30(35-26)42-16-22-24(33)13-17(14-25(22)34)5-12-28-36-38-39-37-28;3-2(4,5)1(6)7/h6-11,13-15,21H,2-5,12,16H2,1H3,(H,36,37,38,39);(H,6,7). The van der Waals surface area contributed by atoms with E-state index in [4.69, 9.17) is 31.2 Å². The zero-order valence-electron chi connectivity index (χ0n) is 25.6. The van der Waals surface area contributed by atoms with Gasteiger partial charge in [-0.05, 0) is 95.8 Å². The van der Waals surface area contributed by atoms with Gasteiger partial charge in [-0.25, -0.2) is 28.0 Å². The summed E-state index contributed by atoms with van der Waals surface area (Å²) in [6, 6.07) is 14.6. The molecule has 3 aromatic carbocycles. The predicted octanol–water partition coefficient (Wildman–Crippen LogP) is 7.64. The quantitative estimate of drug-likeness (QED) is 0.118. The molecule has 0 saturated heterocycles. The summed E-state index contributed by atoms with van der Waals surface area (Å²) in [5.41, 5.74) is 4.10. The first-order valence-corrected chi connectivity index (χ1v) is 16.0. The van der Waals surface area contributed by atoms with E-state index >= 15 is 8.78 Å². The van der Waals surface area contributed by atoms with Crippen LogP contribution in [0.5, 0.6) is 5.75 Å². The monoisotopic (exact) mass is 724 g/mol. The van der Waals surface area contributed by atoms with E-state index in [1.165, 1.54) is 36.0 Å². The third kappa shape index (κ3) is 8.54. The number of rotatable bonds is 9. The molecule has 0 spiro atoms. The molecule has 0 saturated carbocycles. The highest BCUT2D eigenvalue weighted by atomic mass is 35.5. The summed E-state index contributed by atoms with van der Waals surface area (Å²) >= 11 is 7.55. The summed E-state index contributed by atoms with van der Waals surface area (Å²) in [5, 5.41) is 21.7. The lowest BCUT2D eigenvalue weighted by atomic mass is 9.84. The summed E-state index contributed by atoms with van der Waals surface area (Å²) in [6.07, 6.45) is -1.72. The zero-order chi connectivity index (χ0) is 35.3. The molecule has 1 aliphatic rings. The molecule has 2 N–H and O–H groups in total. The molecule has 0 aliphatic heterocycles. The zero-order valence-corrected chi connectivity index (χ0v) is 27.1. The Labute approximate surface area is 284 Å². The molecular formula is C32H27ClF6N6O3S. The number of carbonyl (C=O) groups is 1. The first-order chi connectivity index (χ1) is 23.3. The number of nitrogens with zero attached hydrogens (tertiary/aromatic N) is 5. The Morgan fingerprint density at radius 1 is 1.08 bits per heavy atom. The summed E-state index contributed by atoms with van der Waals surface area (Å²) in [5.74, 6) is -3.23. The van der Waals surface area contributed by atoms with Crippen molar-refractivity contribution in [2.45, 2.75) is 55.1 Å². The van der Waals surface area contributed by atoms with Crippen LogP contribution in [0.2, 0.25) is 5.02 Å². The van der Waals surface area contributed by atoms with Crippen molar-refractivity contribution in [3.63, 3.8) is 0 Å². The van der Waals surface area contributed by atoms with Crippen LogP contribution in [0.25, 0.3) is 5.69 Å². The first-order valence-electron chi connectivity index (χ1n) is 14.7. The highest BCUT2D eigenvalue weighted by Crippen LogP contribution is 2.43. The number of hydrogen-bond donors (Lipinski definition) is 2. The van der Waals surface area contributed by atoms with Crippen LogP contribution in [0.3, 0.4) is 0 Å². The number of H-pyrrole nitrogens is 1. The number of aromatic amines is 1. The molecule has 5 aromatic rings. The number of alkyl halides is 3. The Hall–Kier alpha value is -4.57. The predicted molar refractivity (Wildman–Crippen MR) is 168 cm³/mol. The third-order valence-electron chi connectivity index (χ3n) is 7.69. The molecule has 0 amide bonds. The maximum atomic E-state index is 15.2. The average molecular weight is 725 g/mol. The number of carboxylic acids is 1. The van der Waals surface area contributed by atoms with E-state index < -0.39 is 23.8 Å². The lowest BCUT2D eigenvalue weighted by molar-refractivity contribution is -0.192. The molecule has 0 fully saturated rings. The summed E-state index contributed by atoms with van der Waals surface area (Å²) in [4.78, 5) is 13.8. The van der Waals surface area contributed by atoms with Gasteiger partial charge >= 0.3 is 12.1 Å². The minimum atomic E-state index is -5.08. The number of halogens is 7. The van der Waals surface area contributed by atoms with Crippen LogP contribution in [0.15, 0.2) is 59.8 Å². The summed E-state index contributed by atoms with van der Waals surface area (Å²) in [7, 11) is 1.58. The van der Waals surface area contributed by atoms with Crippen LogP contribution in [-0.2, 0) is 29.8 Å². The Bertz CT molecular complexity index is 1900. The van der Waals surface area contributed by atoms with E-state index in [1.807, 2.05) is 22.8 Å². The molecular weight excluding hydrogens is 698 g/mol. The topological polar surface area (TPSA) is 119 Å². The van der Waals surface area contributed by atoms with Gasteiger partial charge in [-0.1, -0.05) is 29.4 Å². The van der Waals surface area contributed by atoms with Gasteiger partial charge < -0.3 is 9.84 Å². The molecule has 0 radical (unpaired) electrons. The maximum Gasteiger partial charge on any atom is 0.490 e. The fourth-order valence-corrected chi connectivity index (χ4v) is 6.63. The normalized spacial score (nSPS) is 14.2. The third-order valence-corrected chi connectivity index (χ3v) is 8.96. The molecule has 1 aliphatic carbocycles. The van der Waals surface area contributed by atoms with Gasteiger partial charge in [-0.2, -0.15) is 13.2 Å². The van der Waals surface area contributed by atoms with E-state index in [1.54, 1.807) is 19.2 Å². The molecule has 1 unspecified atom stereocenters. The molecule has 2 heterocycles. The number of tetrazole rings is 1. The molecule has 17 heteroatoms. The van der Waals surface area contributed by atoms with Crippen molar-refractivity contribution in [1.82, 2.24) is 30.2 Å². The van der Waals surface area contributed by atoms with Crippen LogP contribution in [-0.4, -0.2) is 54.5 Å². The van der Waals surface area contributed by atoms with Crippen LogP contribution in [0.1, 0.15) is 52.7 Å². The van der Waals surface area contributed by atoms with Crippen molar-refractivity contribution < 1.29 is 41.0 Å². The number of ether oxygens (including phenoxy) is 1. The van der Waals surface area contributed by atoms with E-state index in [9.17, 15) is 17.6 Å². The van der Waals surface area contributed by atoms with Crippen molar-refractivity contribution in [3.05, 3.63) is 111 Å². The first kappa shape index (κ1) is 35.7. The van der Waals surface area contributed by atoms with Gasteiger partial charge in [0.15, 0.2) is 5.16 Å². The number of fused-ring (bicyclic) bond motifs is 1. The number of carboxylic acid groups (broad SMARTS) is 1. The number of aryl methyl sites for hydroxylation is 3. The Balaban J connectivity index is 0.000000606. The number of hydrogen-bond acceptors (Lipinski definition) is 7. The molecule has 6 rings (SSSR count). The Morgan fingerprint density at radius 2 is 1.78 bits per heavy atom. The van der Waals surface area contributed by atoms with Crippen LogP contribution in [0, 0.1) is 17.5 Å². The number of nitrogens with one attached hydrogen (secondary N) is 1. The van der Waals surface area contributed by atoms with E-state index in [0.717, 1.165) is 41.9 Å². The highest BCUT2D eigenvalue weighted by molar-refractivity contribution is 7.98. The molecule has 2 aromatic heterocycles. The highest BCUT2D eigenvalue weighted by Gasteiger charge is 2.38. The van der Waals surface area contributed by atoms with Crippen molar-refractivity contribution in [2.24, 2.45) is 0 Å². The number of methoxy groups -OCH3 is 1. The summed E-state index contributed by atoms with van der Waals surface area (Å²) < 4.78 is 83.4. The minimum absolute atomic E-state index is 0.0283. The number of aromatic nitrogens is 6. The number of thioether (sulfide) groups is 1. The summed E-state index contributed by atoms with van der Waals surface area (Å²) in [6.45, 7) is 0. The largest absolute Gasteiger partial charge is 0.495 e. The van der Waals surface area contributed by atoms with Gasteiger partial charge in [0, 0.05) is 29.3 Å². The lowest BCUT2D eigenvalue weighted by Crippen LogP contribution is -2.21. The smallest absolute Gasteiger partial charge is 0.490 e. The van der Waals surface area contributed by atoms with Gasteiger partial charge in [-0.15, -0.1) is 5.10 Å². The molecule has 49 heavy (non-hydrogen) atoms. The van der Waals surface area contributed by atoms with Crippen molar-refractivity contribution in [3.8, 4) is 11.4 Å². The molecule has 258 valence electrons. The maximum absolute atomic E-state index is 15.2. The van der Waals surface area contributed by atoms with Crippen molar-refractivity contribution in [1.29, 1.82) is 0 Å². The van der Waals surface area contributed by atoms with E-state index in [0.29, 0.717) is 40.2 Å². The fraction of sp³-hybridized carbons (Fsp3) is 0.281. The number of aliphatic carboxylic acids is 1. The van der Waals surface area contributed by atoms with Gasteiger partial charge in [-0.3, -0.25) is 4.57 Å². The van der Waals surface area contributed by atoms with Crippen molar-refractivity contribution >= 4 is 29.3 Å². The second-order valence-electron chi connectivity index (χ2n) is 10.9. The van der Waals surface area contributed by atoms with Gasteiger partial charge in [0.2, 0.25) is 0 Å². The van der Waals surface area contributed by atoms with E-state index in [-0.39, 0.29) is 23.1 Å². The van der Waals surface area contributed by atoms with E-state index in [2.05, 4.69) is 20.6 Å². The number of benzene rings is 3. The minimum Gasteiger partial charge on any atom is -0.495 e. The van der Waals surface area contributed by atoms with Gasteiger partial charge in [0.1, 0.15) is 29.0 Å². The molecule has 9 nitrogen and oxygen atoms in total. The average Bonchev–Trinajstić information content (AvgIpc) is 3.72. The molecule has 1 atom stereocenters. The second kappa shape index (κ2) is 15.3. The van der Waals surface area contributed by atoms with Crippen LogP contribution < -0.4 is 4.74 Å². The van der Waals surface area contributed by atoms with Gasteiger partial charge in [0.25, 0.3) is 0 Å². The van der Waals surface area contributed by atoms with Crippen molar-refractivity contribution in [2.75, 3.05) is 7.11 Å². The Morgan fingerprint density at radius 3 is 2.39 bits per heavy atom. The SMILES string of the molecule is COc1cc(C2CCCc3nc(SCc4c(F)cc(CCc5nnn[nH]5)cc4F)n(-c4ccc(F)cc4)c32)ccc1Cl.O=C(O)C(F)(F)F. The fourth-order valence-electron chi connectivity index (χ4n) is 5.38. The molecule has 0 bridgehead atoms. The van der Waals surface area contributed by atoms with Crippen LogP contribution in [0.4, 0.5) is 26.3 Å².